The normalized spacial score (nSPS) is 26.5. The number of hydrogen-bond acceptors (Lipinski definition) is 14. The number of aliphatic hydroxyl groups is 1. The Hall–Kier alpha value is -6.40. The van der Waals surface area contributed by atoms with Crippen molar-refractivity contribution in [2.45, 2.75) is 216 Å². The molecule has 25 heteroatoms. The summed E-state index contributed by atoms with van der Waals surface area (Å²) in [6.45, 7) is 27.4. The van der Waals surface area contributed by atoms with Crippen LogP contribution in [0, 0.1) is 41.4 Å². The third-order valence-electron chi connectivity index (χ3n) is 15.9. The van der Waals surface area contributed by atoms with Crippen molar-refractivity contribution >= 4 is 70.9 Å². The molecule has 0 aromatic rings. The van der Waals surface area contributed by atoms with Crippen LogP contribution in [0.5, 0.6) is 0 Å². The van der Waals surface area contributed by atoms with Gasteiger partial charge in [0.05, 0.1) is 6.54 Å². The van der Waals surface area contributed by atoms with Crippen molar-refractivity contribution in [1.82, 2.24) is 55.6 Å². The van der Waals surface area contributed by atoms with E-state index in [0.717, 1.165) is 16.7 Å². The van der Waals surface area contributed by atoms with Crippen LogP contribution >= 0.6 is 0 Å². The minimum absolute atomic E-state index is 0.0430. The maximum atomic E-state index is 15.2. The first kappa shape index (κ1) is 77.6. The Morgan fingerprint density at radius 1 is 0.477 bits per heavy atom. The van der Waals surface area contributed by atoms with E-state index in [1.807, 2.05) is 55.4 Å². The Balaban J connectivity index is 4.38. The van der Waals surface area contributed by atoms with Gasteiger partial charge in [-0.05, 0) is 81.5 Å². The topological polar surface area (TPSA) is 305 Å². The van der Waals surface area contributed by atoms with Gasteiger partial charge in [0.1, 0.15) is 66.5 Å². The molecule has 1 aliphatic heterocycles. The Labute approximate surface area is 512 Å². The number of amides is 11. The van der Waals surface area contributed by atoms with Crippen LogP contribution in [0.4, 0.5) is 0 Å². The molecule has 0 saturated carbocycles. The fourth-order valence-electron chi connectivity index (χ4n) is 10.7. The summed E-state index contributed by atoms with van der Waals surface area (Å²) in [5.74, 6) is -11.6. The van der Waals surface area contributed by atoms with Crippen LogP contribution in [-0.2, 0) is 62.3 Å². The van der Waals surface area contributed by atoms with E-state index < -0.39 is 168 Å². The van der Waals surface area contributed by atoms with E-state index in [4.69, 9.17) is 4.74 Å². The summed E-state index contributed by atoms with van der Waals surface area (Å²) in [5, 5.41) is 21.4. The third kappa shape index (κ3) is 21.5. The van der Waals surface area contributed by atoms with E-state index in [9.17, 15) is 53.1 Å². The molecule has 0 radical (unpaired) electrons. The molecule has 5 N–H and O–H groups in total. The predicted molar refractivity (Wildman–Crippen MR) is 326 cm³/mol. The number of esters is 1. The van der Waals surface area contributed by atoms with E-state index in [1.54, 1.807) is 34.6 Å². The van der Waals surface area contributed by atoms with Gasteiger partial charge in [0.15, 0.2) is 0 Å². The summed E-state index contributed by atoms with van der Waals surface area (Å²) in [7, 11) is 9.66. The molecule has 86 heavy (non-hydrogen) atoms. The molecule has 1 unspecified atom stereocenters. The first-order chi connectivity index (χ1) is 39.6. The van der Waals surface area contributed by atoms with Crippen molar-refractivity contribution in [3.05, 3.63) is 0 Å². The molecule has 1 fully saturated rings. The van der Waals surface area contributed by atoms with Crippen LogP contribution in [0.15, 0.2) is 0 Å². The monoisotopic (exact) mass is 1220 g/mol. The predicted octanol–water partition coefficient (Wildman–Crippen LogP) is 1.87. The zero-order valence-electron chi connectivity index (χ0n) is 56.2. The molecular weight excluding hydrogens is 1110 g/mol. The number of carbonyl (C=O) groups is 12. The minimum Gasteiger partial charge on any atom is -0.459 e. The molecule has 12 atom stereocenters. The molecule has 0 aromatic carbocycles. The molecule has 1 aliphatic rings. The molecule has 11 amide bonds. The van der Waals surface area contributed by atoms with Gasteiger partial charge in [0.25, 0.3) is 0 Å². The number of rotatable bonds is 15. The lowest BCUT2D eigenvalue weighted by molar-refractivity contribution is -0.165. The number of nitrogens with zero attached hydrogens (tertiary/aromatic N) is 7. The van der Waals surface area contributed by atoms with Crippen LogP contribution in [0.2, 0.25) is 0 Å². The average Bonchev–Trinajstić information content (AvgIpc) is 2.03. The maximum absolute atomic E-state index is 15.2. The molecule has 0 aliphatic carbocycles. The lowest BCUT2D eigenvalue weighted by Gasteiger charge is -2.42. The Morgan fingerprint density at radius 3 is 1.31 bits per heavy atom. The van der Waals surface area contributed by atoms with Crippen LogP contribution in [-0.4, -0.2) is 239 Å². The second-order valence-electron chi connectivity index (χ2n) is 26.1. The highest BCUT2D eigenvalue weighted by Crippen LogP contribution is 2.26. The maximum Gasteiger partial charge on any atom is 0.303 e. The highest BCUT2D eigenvalue weighted by Gasteiger charge is 2.47. The molecule has 1 saturated heterocycles. The Kier molecular flexibility index (Phi) is 31.4. The molecular formula is C61H109N11O14. The van der Waals surface area contributed by atoms with Crippen molar-refractivity contribution in [3.8, 4) is 0 Å². The first-order valence-electron chi connectivity index (χ1n) is 30.4. The van der Waals surface area contributed by atoms with E-state index in [1.165, 1.54) is 94.6 Å². The first-order valence-corrected chi connectivity index (χ1v) is 30.4. The smallest absolute Gasteiger partial charge is 0.303 e. The molecule has 492 valence electrons. The largest absolute Gasteiger partial charge is 0.459 e. The highest BCUT2D eigenvalue weighted by atomic mass is 16.5. The van der Waals surface area contributed by atoms with Crippen molar-refractivity contribution in [2.24, 2.45) is 41.4 Å². The number of ether oxygens (including phenoxy) is 1. The van der Waals surface area contributed by atoms with Gasteiger partial charge in [0, 0.05) is 68.8 Å². The van der Waals surface area contributed by atoms with Gasteiger partial charge in [-0.25, -0.2) is 0 Å². The van der Waals surface area contributed by atoms with Crippen LogP contribution in [0.3, 0.4) is 0 Å². The number of carbonyl (C=O) groups excluding carboxylic acids is 12. The van der Waals surface area contributed by atoms with E-state index in [0.29, 0.717) is 0 Å². The van der Waals surface area contributed by atoms with Crippen molar-refractivity contribution < 1.29 is 67.4 Å². The second kappa shape index (κ2) is 34.8. The van der Waals surface area contributed by atoms with E-state index in [-0.39, 0.29) is 55.8 Å². The number of hydrogen-bond donors (Lipinski definition) is 5. The summed E-state index contributed by atoms with van der Waals surface area (Å²) in [4.78, 5) is 181. The summed E-state index contributed by atoms with van der Waals surface area (Å²) in [6, 6.07) is -12.8. The van der Waals surface area contributed by atoms with Crippen LogP contribution in [0.25, 0.3) is 0 Å². The third-order valence-corrected chi connectivity index (χ3v) is 15.9. The fraction of sp³-hybridized carbons (Fsp3) is 0.803. The quantitative estimate of drug-likeness (QED) is 0.146. The fourth-order valence-corrected chi connectivity index (χ4v) is 10.7. The number of nitrogens with one attached hydrogen (secondary N) is 4. The molecule has 1 rings (SSSR count). The minimum atomic E-state index is -1.73. The molecule has 25 nitrogen and oxygen atoms in total. The Bertz CT molecular complexity index is 2370. The lowest BCUT2D eigenvalue weighted by atomic mass is 9.93. The van der Waals surface area contributed by atoms with Crippen molar-refractivity contribution in [3.63, 3.8) is 0 Å². The standard InChI is InChI=1S/C61H109N11O14/c1-25-42-57(81)66(18)30-47(75)67(19)43(26-32(2)3)54(78)65-48(36(10)11)60(84)68(20)44(27-33(4)5)53(77)62-39(15)52(76)63-40(16)56(80)69(21)45(28-34(6)7)58(82)70(22)46(29-35(8)9)59(83)71(23)49(37(12)13)61(85)72(24)50(55(79)64-42)51(38(14)31-73)86-41(17)74/h32-40,42-46,48-51,73H,25-31H2,1-24H3,(H,62,77)(H,63,76)(H,64,79)(H,65,78)/t38-,39+,40-,42+,43+,44+,45+,46+,48+,49+,50?,51-/m1/s1. The summed E-state index contributed by atoms with van der Waals surface area (Å²) in [5.41, 5.74) is 0. The zero-order chi connectivity index (χ0) is 66.8. The molecule has 1 heterocycles. The van der Waals surface area contributed by atoms with Gasteiger partial charge >= 0.3 is 5.97 Å². The van der Waals surface area contributed by atoms with Crippen molar-refractivity contribution in [1.29, 1.82) is 0 Å². The molecule has 0 aromatic heterocycles. The average molecular weight is 1220 g/mol. The highest BCUT2D eigenvalue weighted by molar-refractivity contribution is 5.99. The Morgan fingerprint density at radius 2 is 0.884 bits per heavy atom. The van der Waals surface area contributed by atoms with Gasteiger partial charge in [-0.1, -0.05) is 96.9 Å². The molecule has 0 spiro atoms. The zero-order valence-corrected chi connectivity index (χ0v) is 56.2. The lowest BCUT2D eigenvalue weighted by Crippen LogP contribution is -2.64. The SMILES string of the molecule is CC[C@@H]1NC(=O)C([C@H](OC(C)=O)[C@H](C)CO)N(C)C(=O)[C@H](C(C)C)N(C)C(=O)[C@H](CC(C)C)N(C)C(=O)[C@H](CC(C)C)N(C)C(=O)[C@@H](C)NC(=O)[C@H](C)NC(=O)[C@H](CC(C)C)N(C)C(=O)[C@H](C(C)C)NC(=O)[C@H](CC(C)C)N(C)C(=O)CN(C)C1=O. The summed E-state index contributed by atoms with van der Waals surface area (Å²) < 4.78 is 5.70. The van der Waals surface area contributed by atoms with E-state index >= 15 is 9.59 Å². The van der Waals surface area contributed by atoms with Gasteiger partial charge < -0.3 is 65.4 Å². The van der Waals surface area contributed by atoms with Gasteiger partial charge in [-0.2, -0.15) is 0 Å². The molecule has 0 bridgehead atoms. The van der Waals surface area contributed by atoms with Crippen molar-refractivity contribution in [2.75, 3.05) is 62.5 Å². The number of likely N-dealkylation sites (N-methyl/N-ethyl adjacent to an activating group) is 7. The van der Waals surface area contributed by atoms with Crippen LogP contribution in [0.1, 0.15) is 150 Å². The number of aliphatic hydroxyl groups excluding tert-OH is 1. The summed E-state index contributed by atoms with van der Waals surface area (Å²) >= 11 is 0. The van der Waals surface area contributed by atoms with Gasteiger partial charge in [-0.3, -0.25) is 57.5 Å². The van der Waals surface area contributed by atoms with Crippen LogP contribution < -0.4 is 21.3 Å². The van der Waals surface area contributed by atoms with Gasteiger partial charge in [-0.15, -0.1) is 0 Å². The summed E-state index contributed by atoms with van der Waals surface area (Å²) in [6.07, 6.45) is -1.05. The van der Waals surface area contributed by atoms with E-state index in [2.05, 4.69) is 21.3 Å². The second-order valence-corrected chi connectivity index (χ2v) is 26.1. The van der Waals surface area contributed by atoms with Gasteiger partial charge in [0.2, 0.25) is 65.0 Å².